The fourth-order valence-electron chi connectivity index (χ4n) is 13.0. The largest absolute Gasteiger partial charge is 0.456 e. The van der Waals surface area contributed by atoms with E-state index in [1.54, 1.807) is 0 Å². The number of rotatable bonds is 8. The molecule has 2 heterocycles. The highest BCUT2D eigenvalue weighted by Crippen LogP contribution is 2.61. The summed E-state index contributed by atoms with van der Waals surface area (Å²) >= 11 is 0. The van der Waals surface area contributed by atoms with E-state index in [-0.39, 0.29) is 0 Å². The van der Waals surface area contributed by atoms with Crippen molar-refractivity contribution in [3.63, 3.8) is 0 Å². The maximum atomic E-state index is 6.51. The van der Waals surface area contributed by atoms with E-state index < -0.39 is 5.41 Å². The average Bonchev–Trinajstić information content (AvgIpc) is 4.31. The predicted octanol–water partition coefficient (Wildman–Crippen LogP) is 20.2. The van der Waals surface area contributed by atoms with Crippen molar-refractivity contribution in [1.82, 2.24) is 0 Å². The third-order valence-corrected chi connectivity index (χ3v) is 16.2. The molecule has 13 aromatic carbocycles. The Kier molecular flexibility index (Phi) is 9.52. The van der Waals surface area contributed by atoms with E-state index in [1.807, 2.05) is 24.3 Å². The van der Waals surface area contributed by atoms with Gasteiger partial charge < -0.3 is 18.6 Å². The second kappa shape index (κ2) is 16.9. The topological polar surface area (TPSA) is 32.8 Å². The minimum Gasteiger partial charge on any atom is -0.456 e. The highest BCUT2D eigenvalue weighted by Gasteiger charge is 2.48. The van der Waals surface area contributed by atoms with E-state index in [0.29, 0.717) is 0 Å². The summed E-state index contributed by atoms with van der Waals surface area (Å²) in [5, 5.41) is 11.6. The highest BCUT2D eigenvalue weighted by molar-refractivity contribution is 6.21. The second-order valence-corrected chi connectivity index (χ2v) is 20.3. The molecule has 2 aromatic heterocycles. The molecule has 0 aliphatic heterocycles. The van der Waals surface area contributed by atoms with Gasteiger partial charge in [0.15, 0.2) is 0 Å². The minimum absolute atomic E-state index is 0.696. The summed E-state index contributed by atoms with van der Waals surface area (Å²) in [6.07, 6.45) is 0. The van der Waals surface area contributed by atoms with Crippen LogP contribution >= 0.6 is 0 Å². The Hall–Kier alpha value is -10.2. The minimum atomic E-state index is -0.696. The maximum Gasteiger partial charge on any atom is 0.137 e. The Morgan fingerprint density at radius 3 is 1.25 bits per heavy atom. The maximum absolute atomic E-state index is 6.51. The van der Waals surface area contributed by atoms with Crippen molar-refractivity contribution in [3.8, 4) is 11.1 Å². The monoisotopic (exact) mass is 982 g/mol. The fourth-order valence-corrected chi connectivity index (χ4v) is 13.0. The van der Waals surface area contributed by atoms with E-state index in [4.69, 9.17) is 8.83 Å². The van der Waals surface area contributed by atoms with Crippen LogP contribution in [0.3, 0.4) is 0 Å². The number of hydrogen-bond acceptors (Lipinski definition) is 4. The molecule has 0 atom stereocenters. The molecule has 0 radical (unpaired) electrons. The van der Waals surface area contributed by atoms with Crippen LogP contribution in [0.5, 0.6) is 0 Å². The molecule has 0 N–H and O–H groups in total. The van der Waals surface area contributed by atoms with Crippen LogP contribution in [0.15, 0.2) is 288 Å². The van der Waals surface area contributed by atoms with Crippen molar-refractivity contribution in [3.05, 3.63) is 301 Å². The van der Waals surface area contributed by atoms with Gasteiger partial charge >= 0.3 is 0 Å². The van der Waals surface area contributed by atoms with Crippen molar-refractivity contribution in [2.24, 2.45) is 0 Å². The van der Waals surface area contributed by atoms with E-state index in [9.17, 15) is 0 Å². The normalized spacial score (nSPS) is 12.8. The first-order valence-corrected chi connectivity index (χ1v) is 26.4. The molecule has 16 rings (SSSR count). The fraction of sp³-hybridized carbons (Fsp3) is 0.0137. The quantitative estimate of drug-likeness (QED) is 0.142. The molecule has 4 heteroatoms. The first kappa shape index (κ1) is 43.3. The lowest BCUT2D eigenvalue weighted by molar-refractivity contribution is 0.668. The van der Waals surface area contributed by atoms with Crippen molar-refractivity contribution >= 4 is 110 Å². The van der Waals surface area contributed by atoms with Crippen LogP contribution in [0, 0.1) is 0 Å². The molecule has 0 spiro atoms. The summed E-state index contributed by atoms with van der Waals surface area (Å²) in [5.74, 6) is 0. The number of anilines is 6. The van der Waals surface area contributed by atoms with Crippen molar-refractivity contribution < 1.29 is 8.83 Å². The van der Waals surface area contributed by atoms with E-state index >= 15 is 0 Å². The predicted molar refractivity (Wildman–Crippen MR) is 320 cm³/mol. The molecule has 360 valence electrons. The molecule has 0 unspecified atom stereocenters. The molecule has 0 bridgehead atoms. The van der Waals surface area contributed by atoms with Gasteiger partial charge in [-0.3, -0.25) is 0 Å². The lowest BCUT2D eigenvalue weighted by atomic mass is 9.66. The summed E-state index contributed by atoms with van der Waals surface area (Å²) in [6, 6.07) is 102. The lowest BCUT2D eigenvalue weighted by Crippen LogP contribution is -2.29. The summed E-state index contributed by atoms with van der Waals surface area (Å²) < 4.78 is 13.0. The molecule has 0 fully saturated rings. The first-order chi connectivity index (χ1) is 38.2. The third kappa shape index (κ3) is 6.52. The van der Waals surface area contributed by atoms with Gasteiger partial charge in [-0.2, -0.15) is 0 Å². The van der Waals surface area contributed by atoms with Crippen LogP contribution < -0.4 is 9.80 Å². The number of para-hydroxylation sites is 4. The van der Waals surface area contributed by atoms with Crippen molar-refractivity contribution in [1.29, 1.82) is 0 Å². The molecule has 4 nitrogen and oxygen atoms in total. The van der Waals surface area contributed by atoms with Gasteiger partial charge in [-0.25, -0.2) is 0 Å². The molecular weight excluding hydrogens is 937 g/mol. The van der Waals surface area contributed by atoms with Crippen LogP contribution in [0.1, 0.15) is 22.3 Å². The van der Waals surface area contributed by atoms with Gasteiger partial charge in [0, 0.05) is 67.8 Å². The number of hydrogen-bond donors (Lipinski definition) is 0. The lowest BCUT2D eigenvalue weighted by Gasteiger charge is -2.35. The molecule has 0 saturated heterocycles. The molecule has 0 saturated carbocycles. The summed E-state index contributed by atoms with van der Waals surface area (Å²) in [5.41, 5.74) is 16.6. The van der Waals surface area contributed by atoms with Crippen molar-refractivity contribution in [2.75, 3.05) is 9.80 Å². The zero-order valence-corrected chi connectivity index (χ0v) is 41.8. The van der Waals surface area contributed by atoms with Gasteiger partial charge in [0.25, 0.3) is 0 Å². The number of furan rings is 2. The Balaban J connectivity index is 0.944. The van der Waals surface area contributed by atoms with Gasteiger partial charge in [-0.1, -0.05) is 170 Å². The standard InChI is InChI=1S/C73H46N2O2/c1-5-19-49(20-6-1)73(50-21-7-2-8-22-50)66-43-48-41-53(74(51-23-9-3-10-24-51)55-35-38-60-58-28-15-17-31-67(58)76-69(60)45-55)34-33-47(48)42-65(66)71-62-30-14-13-27-57(62)64-44-54(37-40-63(64)72(71)73)75(52-25-11-4-12-26-52)56-36-39-61-59-29-16-18-32-68(59)77-70(61)46-56/h1-46H. The highest BCUT2D eigenvalue weighted by atomic mass is 16.3. The first-order valence-electron chi connectivity index (χ1n) is 26.4. The van der Waals surface area contributed by atoms with Crippen LogP contribution in [-0.2, 0) is 5.41 Å². The molecule has 15 aromatic rings. The Labute approximate surface area is 444 Å². The number of fused-ring (bicyclic) bond motifs is 15. The Bertz CT molecular complexity index is 4770. The van der Waals surface area contributed by atoms with E-state index in [1.165, 1.54) is 60.3 Å². The smallest absolute Gasteiger partial charge is 0.137 e. The SMILES string of the molecule is c1ccc(N(c2ccc3cc4c(cc3c2)C(c2ccccc2)(c2ccccc2)c2c-4c3ccccc3c3cc(N(c4ccccc4)c4ccc5c(c4)oc4ccccc45)ccc23)c2ccc3c(c2)oc2ccccc23)cc1. The van der Waals surface area contributed by atoms with Crippen LogP contribution in [0.25, 0.3) is 87.3 Å². The summed E-state index contributed by atoms with van der Waals surface area (Å²) in [4.78, 5) is 4.71. The number of benzene rings is 13. The molecule has 0 amide bonds. The zero-order valence-electron chi connectivity index (χ0n) is 41.8. The summed E-state index contributed by atoms with van der Waals surface area (Å²) in [7, 11) is 0. The van der Waals surface area contributed by atoms with E-state index in [2.05, 4.69) is 265 Å². The van der Waals surface area contributed by atoms with Crippen LogP contribution in [0.4, 0.5) is 34.1 Å². The molecular formula is C73H46N2O2. The van der Waals surface area contributed by atoms with Gasteiger partial charge in [0.1, 0.15) is 22.3 Å². The Morgan fingerprint density at radius 1 is 0.260 bits per heavy atom. The Morgan fingerprint density at radius 2 is 0.688 bits per heavy atom. The summed E-state index contributed by atoms with van der Waals surface area (Å²) in [6.45, 7) is 0. The van der Waals surface area contributed by atoms with Crippen LogP contribution in [-0.4, -0.2) is 0 Å². The third-order valence-electron chi connectivity index (χ3n) is 16.2. The van der Waals surface area contributed by atoms with Gasteiger partial charge in [-0.15, -0.1) is 0 Å². The van der Waals surface area contributed by atoms with Gasteiger partial charge in [0.05, 0.1) is 5.41 Å². The van der Waals surface area contributed by atoms with Crippen molar-refractivity contribution in [2.45, 2.75) is 5.41 Å². The van der Waals surface area contributed by atoms with Gasteiger partial charge in [-0.05, 0) is 163 Å². The molecule has 1 aliphatic carbocycles. The second-order valence-electron chi connectivity index (χ2n) is 20.3. The average molecular weight is 983 g/mol. The molecule has 77 heavy (non-hydrogen) atoms. The van der Waals surface area contributed by atoms with E-state index in [0.717, 1.165) is 83.4 Å². The molecule has 1 aliphatic rings. The number of nitrogens with zero attached hydrogens (tertiary/aromatic N) is 2. The van der Waals surface area contributed by atoms with Gasteiger partial charge in [0.2, 0.25) is 0 Å². The van der Waals surface area contributed by atoms with Crippen LogP contribution in [0.2, 0.25) is 0 Å². The zero-order chi connectivity index (χ0) is 50.6.